The average molecular weight is 275 g/mol. The Kier molecular flexibility index (Phi) is 3.64. The van der Waals surface area contributed by atoms with Gasteiger partial charge in [-0.2, -0.15) is 0 Å². The lowest BCUT2D eigenvalue weighted by molar-refractivity contribution is 0.0541. The number of methoxy groups -OCH3 is 1. The Labute approximate surface area is 116 Å². The highest BCUT2D eigenvalue weighted by Gasteiger charge is 2.18. The number of aromatic nitrogens is 3. The van der Waals surface area contributed by atoms with Crippen LogP contribution in [0.5, 0.6) is 0 Å². The van der Waals surface area contributed by atoms with Crippen molar-refractivity contribution in [3.8, 4) is 0 Å². The first kappa shape index (κ1) is 13.1. The number of fused-ring (bicyclic) bond motifs is 1. The van der Waals surface area contributed by atoms with Gasteiger partial charge in [0.05, 0.1) is 12.7 Å². The Morgan fingerprint density at radius 1 is 1.50 bits per heavy atom. The van der Waals surface area contributed by atoms with Crippen molar-refractivity contribution in [2.75, 3.05) is 20.3 Å². The fraction of sp³-hybridized carbons (Fsp3) is 0.500. The molecule has 0 aliphatic carbocycles. The van der Waals surface area contributed by atoms with Crippen molar-refractivity contribution >= 4 is 11.6 Å². The molecule has 0 saturated carbocycles. The van der Waals surface area contributed by atoms with E-state index in [-0.39, 0.29) is 5.97 Å². The van der Waals surface area contributed by atoms with Crippen LogP contribution in [0.3, 0.4) is 0 Å². The van der Waals surface area contributed by atoms with Gasteiger partial charge in [0.1, 0.15) is 5.82 Å². The molecule has 1 aliphatic rings. The zero-order valence-electron chi connectivity index (χ0n) is 11.4. The molecule has 20 heavy (non-hydrogen) atoms. The largest absolute Gasteiger partial charge is 0.465 e. The Balaban J connectivity index is 1.88. The minimum atomic E-state index is -0.354. The lowest BCUT2D eigenvalue weighted by Crippen LogP contribution is -2.20. The standard InChI is InChI=1S/C14H17N3O3/c1-19-14(18)11-4-5-12-15-16-13(17(12)8-11)7-10-3-2-6-20-9-10/h4-5,8,10H,2-3,6-7,9H2,1H3. The van der Waals surface area contributed by atoms with Gasteiger partial charge in [0.2, 0.25) is 0 Å². The van der Waals surface area contributed by atoms with Gasteiger partial charge < -0.3 is 9.47 Å². The molecule has 6 nitrogen and oxygen atoms in total. The Hall–Kier alpha value is -1.95. The maximum absolute atomic E-state index is 11.6. The van der Waals surface area contributed by atoms with E-state index in [0.29, 0.717) is 11.5 Å². The fourth-order valence-electron chi connectivity index (χ4n) is 2.54. The molecule has 0 spiro atoms. The molecule has 0 aromatic carbocycles. The molecule has 0 bridgehead atoms. The Bertz CT molecular complexity index is 617. The van der Waals surface area contributed by atoms with Crippen LogP contribution in [0.15, 0.2) is 18.3 Å². The fourth-order valence-corrected chi connectivity index (χ4v) is 2.54. The number of nitrogens with zero attached hydrogens (tertiary/aromatic N) is 3. The van der Waals surface area contributed by atoms with E-state index in [0.717, 1.165) is 43.9 Å². The molecule has 1 atom stereocenters. The van der Waals surface area contributed by atoms with E-state index < -0.39 is 0 Å². The number of rotatable bonds is 3. The highest BCUT2D eigenvalue weighted by atomic mass is 16.5. The summed E-state index contributed by atoms with van der Waals surface area (Å²) in [5, 5.41) is 8.35. The minimum Gasteiger partial charge on any atom is -0.465 e. The minimum absolute atomic E-state index is 0.354. The summed E-state index contributed by atoms with van der Waals surface area (Å²) in [6.45, 7) is 1.62. The number of esters is 1. The molecule has 106 valence electrons. The number of carbonyl (C=O) groups excluding carboxylic acids is 1. The highest BCUT2D eigenvalue weighted by Crippen LogP contribution is 2.19. The summed E-state index contributed by atoms with van der Waals surface area (Å²) in [5.74, 6) is 0.978. The zero-order chi connectivity index (χ0) is 13.9. The second-order valence-corrected chi connectivity index (χ2v) is 5.04. The van der Waals surface area contributed by atoms with E-state index in [1.54, 1.807) is 18.3 Å². The monoisotopic (exact) mass is 275 g/mol. The van der Waals surface area contributed by atoms with Crippen LogP contribution in [0.1, 0.15) is 29.0 Å². The number of pyridine rings is 1. The third-order valence-electron chi connectivity index (χ3n) is 3.62. The van der Waals surface area contributed by atoms with Gasteiger partial charge in [0.15, 0.2) is 5.65 Å². The van der Waals surface area contributed by atoms with Crippen LogP contribution >= 0.6 is 0 Å². The van der Waals surface area contributed by atoms with Crippen LogP contribution in [-0.4, -0.2) is 40.9 Å². The maximum atomic E-state index is 11.6. The molecular formula is C14H17N3O3. The van der Waals surface area contributed by atoms with Gasteiger partial charge in [-0.25, -0.2) is 4.79 Å². The molecule has 1 fully saturated rings. The topological polar surface area (TPSA) is 65.7 Å². The van der Waals surface area contributed by atoms with Crippen molar-refractivity contribution in [3.63, 3.8) is 0 Å². The Morgan fingerprint density at radius 3 is 3.15 bits per heavy atom. The van der Waals surface area contributed by atoms with Crippen molar-refractivity contribution in [3.05, 3.63) is 29.7 Å². The first-order valence-electron chi connectivity index (χ1n) is 6.77. The lowest BCUT2D eigenvalue weighted by atomic mass is 9.98. The van der Waals surface area contributed by atoms with Gasteiger partial charge in [-0.05, 0) is 30.9 Å². The van der Waals surface area contributed by atoms with E-state index >= 15 is 0 Å². The maximum Gasteiger partial charge on any atom is 0.339 e. The first-order valence-corrected chi connectivity index (χ1v) is 6.77. The van der Waals surface area contributed by atoms with E-state index in [1.807, 2.05) is 4.40 Å². The van der Waals surface area contributed by atoms with Crippen molar-refractivity contribution in [2.24, 2.45) is 5.92 Å². The van der Waals surface area contributed by atoms with Crippen LogP contribution in [0.4, 0.5) is 0 Å². The lowest BCUT2D eigenvalue weighted by Gasteiger charge is -2.21. The predicted octanol–water partition coefficient (Wildman–Crippen LogP) is 1.49. The molecule has 3 heterocycles. The number of ether oxygens (including phenoxy) is 2. The summed E-state index contributed by atoms with van der Waals surface area (Å²) in [6, 6.07) is 3.48. The van der Waals surface area contributed by atoms with Gasteiger partial charge in [0, 0.05) is 25.8 Å². The highest BCUT2D eigenvalue weighted by molar-refractivity contribution is 5.89. The van der Waals surface area contributed by atoms with Crippen LogP contribution in [0.25, 0.3) is 5.65 Å². The van der Waals surface area contributed by atoms with Crippen LogP contribution in [-0.2, 0) is 15.9 Å². The normalized spacial score (nSPS) is 19.1. The smallest absolute Gasteiger partial charge is 0.339 e. The summed E-state index contributed by atoms with van der Waals surface area (Å²) in [6.07, 6.45) is 4.78. The third-order valence-corrected chi connectivity index (χ3v) is 3.62. The third kappa shape index (κ3) is 2.51. The molecule has 0 radical (unpaired) electrons. The second-order valence-electron chi connectivity index (χ2n) is 5.04. The predicted molar refractivity (Wildman–Crippen MR) is 71.6 cm³/mol. The van der Waals surface area contributed by atoms with Crippen molar-refractivity contribution in [2.45, 2.75) is 19.3 Å². The average Bonchev–Trinajstić information content (AvgIpc) is 2.90. The molecule has 2 aromatic rings. The van der Waals surface area contributed by atoms with Crippen molar-refractivity contribution in [1.82, 2.24) is 14.6 Å². The van der Waals surface area contributed by atoms with Gasteiger partial charge >= 0.3 is 5.97 Å². The summed E-state index contributed by atoms with van der Waals surface area (Å²) in [5.41, 5.74) is 1.24. The zero-order valence-corrected chi connectivity index (χ0v) is 11.4. The molecular weight excluding hydrogens is 258 g/mol. The van der Waals surface area contributed by atoms with Crippen LogP contribution in [0, 0.1) is 5.92 Å². The van der Waals surface area contributed by atoms with Gasteiger partial charge in [-0.1, -0.05) is 0 Å². The molecule has 0 N–H and O–H groups in total. The molecule has 3 rings (SSSR count). The quantitative estimate of drug-likeness (QED) is 0.794. The summed E-state index contributed by atoms with van der Waals surface area (Å²) in [7, 11) is 1.37. The molecule has 6 heteroatoms. The van der Waals surface area contributed by atoms with Gasteiger partial charge in [-0.15, -0.1) is 10.2 Å². The second kappa shape index (κ2) is 5.58. The molecule has 1 unspecified atom stereocenters. The van der Waals surface area contributed by atoms with E-state index in [9.17, 15) is 4.79 Å². The van der Waals surface area contributed by atoms with Crippen molar-refractivity contribution in [1.29, 1.82) is 0 Å². The van der Waals surface area contributed by atoms with Crippen LogP contribution < -0.4 is 0 Å². The first-order chi connectivity index (χ1) is 9.78. The van der Waals surface area contributed by atoms with Crippen LogP contribution in [0.2, 0.25) is 0 Å². The van der Waals surface area contributed by atoms with Crippen molar-refractivity contribution < 1.29 is 14.3 Å². The summed E-state index contributed by atoms with van der Waals surface area (Å²) >= 11 is 0. The van der Waals surface area contributed by atoms with E-state index in [2.05, 4.69) is 10.2 Å². The van der Waals surface area contributed by atoms with E-state index in [1.165, 1.54) is 7.11 Å². The summed E-state index contributed by atoms with van der Waals surface area (Å²) < 4.78 is 12.1. The molecule has 2 aromatic heterocycles. The molecule has 1 aliphatic heterocycles. The molecule has 1 saturated heterocycles. The number of hydrogen-bond acceptors (Lipinski definition) is 5. The van der Waals surface area contributed by atoms with Gasteiger partial charge in [0.25, 0.3) is 0 Å². The SMILES string of the molecule is COC(=O)c1ccc2nnc(CC3CCCOC3)n2c1. The van der Waals surface area contributed by atoms with E-state index in [4.69, 9.17) is 9.47 Å². The summed E-state index contributed by atoms with van der Waals surface area (Å²) in [4.78, 5) is 11.6. The number of carbonyl (C=O) groups is 1. The molecule has 0 amide bonds. The number of hydrogen-bond donors (Lipinski definition) is 0. The van der Waals surface area contributed by atoms with Gasteiger partial charge in [-0.3, -0.25) is 4.40 Å². The Morgan fingerprint density at radius 2 is 2.40 bits per heavy atom.